The van der Waals surface area contributed by atoms with Crippen LogP contribution in [0.1, 0.15) is 93.2 Å². The zero-order chi connectivity index (χ0) is 18.3. The van der Waals surface area contributed by atoms with Crippen LogP contribution in [-0.2, 0) is 0 Å². The van der Waals surface area contributed by atoms with Gasteiger partial charge in [0.2, 0.25) is 0 Å². The maximum Gasteiger partial charge on any atom is 0.0132 e. The summed E-state index contributed by atoms with van der Waals surface area (Å²) in [5.74, 6) is 3.03. The van der Waals surface area contributed by atoms with Crippen LogP contribution in [0.3, 0.4) is 0 Å². The Balaban J connectivity index is 1.88. The lowest BCUT2D eigenvalue weighted by molar-refractivity contribution is 0.162. The van der Waals surface area contributed by atoms with Crippen molar-refractivity contribution in [3.05, 3.63) is 67.8 Å². The first-order valence-electron chi connectivity index (χ1n) is 10.6. The molecule has 136 valence electrons. The topological polar surface area (TPSA) is 0 Å². The van der Waals surface area contributed by atoms with Gasteiger partial charge in [0, 0.05) is 11.8 Å². The van der Waals surface area contributed by atoms with E-state index in [0.717, 1.165) is 11.8 Å². The van der Waals surface area contributed by atoms with E-state index in [1.54, 1.807) is 33.4 Å². The Kier molecular flexibility index (Phi) is 3.49. The molecule has 2 bridgehead atoms. The molecule has 4 aliphatic rings. The van der Waals surface area contributed by atoms with Crippen molar-refractivity contribution in [1.82, 2.24) is 0 Å². The van der Waals surface area contributed by atoms with Crippen LogP contribution in [0.4, 0.5) is 0 Å². The molecule has 2 atom stereocenters. The van der Waals surface area contributed by atoms with E-state index in [1.807, 2.05) is 0 Å². The molecule has 1 fully saturated rings. The second kappa shape index (κ2) is 5.47. The Labute approximate surface area is 159 Å². The standard InChI is InChI=1S/C26H32/c1-13-11-21-23(17(5)15(13)3)26-20-10-8-7-9-19(20)25(21)22-12-14(2)16(4)18(6)24(22)26/h11-12,19-20,25-26H,7-10H2,1-6H3. The Morgan fingerprint density at radius 1 is 0.577 bits per heavy atom. The van der Waals surface area contributed by atoms with Gasteiger partial charge in [0.1, 0.15) is 0 Å². The summed E-state index contributed by atoms with van der Waals surface area (Å²) in [5.41, 5.74) is 16.0. The van der Waals surface area contributed by atoms with Gasteiger partial charge in [-0.3, -0.25) is 0 Å². The highest BCUT2D eigenvalue weighted by atomic mass is 14.5. The van der Waals surface area contributed by atoms with E-state index in [0.29, 0.717) is 11.8 Å². The van der Waals surface area contributed by atoms with Crippen LogP contribution in [0.5, 0.6) is 0 Å². The third kappa shape index (κ3) is 1.91. The average molecular weight is 345 g/mol. The normalized spacial score (nSPS) is 28.5. The first-order valence-corrected chi connectivity index (χ1v) is 10.6. The number of hydrogen-bond acceptors (Lipinski definition) is 0. The maximum absolute atomic E-state index is 2.56. The van der Waals surface area contributed by atoms with Crippen molar-refractivity contribution in [2.24, 2.45) is 11.8 Å². The molecule has 1 saturated carbocycles. The van der Waals surface area contributed by atoms with Crippen LogP contribution in [0.2, 0.25) is 0 Å². The molecule has 2 unspecified atom stereocenters. The van der Waals surface area contributed by atoms with Crippen LogP contribution in [0.25, 0.3) is 0 Å². The smallest absolute Gasteiger partial charge is 0.0132 e. The zero-order valence-electron chi connectivity index (χ0n) is 17.3. The van der Waals surface area contributed by atoms with E-state index < -0.39 is 0 Å². The molecular formula is C26H32. The van der Waals surface area contributed by atoms with Gasteiger partial charge in [-0.1, -0.05) is 25.0 Å². The van der Waals surface area contributed by atoms with Crippen molar-refractivity contribution in [1.29, 1.82) is 0 Å². The first kappa shape index (κ1) is 16.6. The van der Waals surface area contributed by atoms with Gasteiger partial charge in [-0.25, -0.2) is 0 Å². The summed E-state index contributed by atoms with van der Waals surface area (Å²) in [7, 11) is 0. The van der Waals surface area contributed by atoms with Gasteiger partial charge in [0.25, 0.3) is 0 Å². The van der Waals surface area contributed by atoms with Gasteiger partial charge in [-0.15, -0.1) is 0 Å². The van der Waals surface area contributed by atoms with Gasteiger partial charge in [-0.05, 0) is 122 Å². The zero-order valence-corrected chi connectivity index (χ0v) is 17.3. The van der Waals surface area contributed by atoms with E-state index in [2.05, 4.69) is 53.7 Å². The molecule has 0 saturated heterocycles. The second-order valence-electron chi connectivity index (χ2n) is 9.46. The summed E-state index contributed by atoms with van der Waals surface area (Å²) in [4.78, 5) is 0. The van der Waals surface area contributed by atoms with Crippen LogP contribution in [0, 0.1) is 53.4 Å². The summed E-state index contributed by atoms with van der Waals surface area (Å²) < 4.78 is 0. The molecule has 0 N–H and O–H groups in total. The summed E-state index contributed by atoms with van der Waals surface area (Å²) in [6, 6.07) is 5.13. The lowest BCUT2D eigenvalue weighted by Gasteiger charge is -2.54. The highest BCUT2D eigenvalue weighted by molar-refractivity contribution is 5.64. The molecule has 0 amide bonds. The lowest BCUT2D eigenvalue weighted by atomic mass is 9.49. The second-order valence-corrected chi connectivity index (χ2v) is 9.46. The summed E-state index contributed by atoms with van der Waals surface area (Å²) in [6.07, 6.45) is 5.73. The first-order chi connectivity index (χ1) is 12.4. The summed E-state index contributed by atoms with van der Waals surface area (Å²) in [5, 5.41) is 0. The fraction of sp³-hybridized carbons (Fsp3) is 0.538. The van der Waals surface area contributed by atoms with Crippen molar-refractivity contribution in [2.75, 3.05) is 0 Å². The predicted molar refractivity (Wildman–Crippen MR) is 110 cm³/mol. The van der Waals surface area contributed by atoms with Gasteiger partial charge in [-0.2, -0.15) is 0 Å². The molecule has 0 heterocycles. The van der Waals surface area contributed by atoms with Gasteiger partial charge in [0.15, 0.2) is 0 Å². The van der Waals surface area contributed by atoms with E-state index in [-0.39, 0.29) is 0 Å². The van der Waals surface area contributed by atoms with Crippen molar-refractivity contribution < 1.29 is 0 Å². The minimum Gasteiger partial charge on any atom is -0.0549 e. The molecule has 6 rings (SSSR count). The van der Waals surface area contributed by atoms with Crippen LogP contribution >= 0.6 is 0 Å². The van der Waals surface area contributed by atoms with E-state index >= 15 is 0 Å². The van der Waals surface area contributed by atoms with Crippen molar-refractivity contribution in [3.63, 3.8) is 0 Å². The molecule has 2 aromatic carbocycles. The maximum atomic E-state index is 2.56. The van der Waals surface area contributed by atoms with E-state index in [9.17, 15) is 0 Å². The summed E-state index contributed by atoms with van der Waals surface area (Å²) in [6.45, 7) is 14.1. The average Bonchev–Trinajstić information content (AvgIpc) is 2.63. The highest BCUT2D eigenvalue weighted by Crippen LogP contribution is 2.63. The van der Waals surface area contributed by atoms with Crippen molar-refractivity contribution >= 4 is 0 Å². The lowest BCUT2D eigenvalue weighted by Crippen LogP contribution is -2.42. The quantitative estimate of drug-likeness (QED) is 0.486. The number of aryl methyl sites for hydroxylation is 2. The molecule has 0 heteroatoms. The third-order valence-electron chi connectivity index (χ3n) is 8.51. The molecule has 26 heavy (non-hydrogen) atoms. The molecule has 0 aromatic heterocycles. The summed E-state index contributed by atoms with van der Waals surface area (Å²) >= 11 is 0. The minimum atomic E-state index is 0.645. The fourth-order valence-electron chi connectivity index (χ4n) is 6.82. The van der Waals surface area contributed by atoms with Crippen LogP contribution in [0.15, 0.2) is 12.1 Å². The van der Waals surface area contributed by atoms with E-state index in [4.69, 9.17) is 0 Å². The molecule has 0 spiro atoms. The monoisotopic (exact) mass is 344 g/mol. The van der Waals surface area contributed by atoms with E-state index in [1.165, 1.54) is 47.9 Å². The predicted octanol–water partition coefficient (Wildman–Crippen LogP) is 6.93. The number of hydrogen-bond donors (Lipinski definition) is 0. The molecule has 2 aromatic rings. The Morgan fingerprint density at radius 3 is 1.46 bits per heavy atom. The van der Waals surface area contributed by atoms with Crippen molar-refractivity contribution in [3.8, 4) is 0 Å². The van der Waals surface area contributed by atoms with Gasteiger partial charge in [0.05, 0.1) is 0 Å². The minimum absolute atomic E-state index is 0.645. The van der Waals surface area contributed by atoms with Crippen LogP contribution in [-0.4, -0.2) is 0 Å². The Hall–Kier alpha value is -1.56. The fourth-order valence-corrected chi connectivity index (χ4v) is 6.82. The SMILES string of the molecule is Cc1cc2c(c(C)c1C)C1c3c(cc(C)c(C)c3C)C2C2CCCCC12. The largest absolute Gasteiger partial charge is 0.0549 e. The molecule has 0 radical (unpaired) electrons. The molecule has 4 aliphatic carbocycles. The molecule has 0 nitrogen and oxygen atoms in total. The number of rotatable bonds is 0. The Morgan fingerprint density at radius 2 is 1.00 bits per heavy atom. The number of benzene rings is 2. The van der Waals surface area contributed by atoms with Crippen LogP contribution < -0.4 is 0 Å². The molecule has 0 aliphatic heterocycles. The molecular weight excluding hydrogens is 312 g/mol. The van der Waals surface area contributed by atoms with Crippen molar-refractivity contribution in [2.45, 2.75) is 79.1 Å². The highest BCUT2D eigenvalue weighted by Gasteiger charge is 2.51. The third-order valence-corrected chi connectivity index (χ3v) is 8.51. The van der Waals surface area contributed by atoms with Gasteiger partial charge < -0.3 is 0 Å². The van der Waals surface area contributed by atoms with Gasteiger partial charge >= 0.3 is 0 Å². The Bertz CT molecular complexity index is 865.